The first-order valence-corrected chi connectivity index (χ1v) is 12.1. The maximum atomic E-state index is 12.5. The second-order valence-electron chi connectivity index (χ2n) is 7.05. The van der Waals surface area contributed by atoms with Gasteiger partial charge in [-0.05, 0) is 61.4 Å². The van der Waals surface area contributed by atoms with Crippen LogP contribution in [0, 0.1) is 5.92 Å². The molecule has 0 radical (unpaired) electrons. The monoisotopic (exact) mass is 455 g/mol. The van der Waals surface area contributed by atoms with Gasteiger partial charge in [-0.15, -0.1) is 0 Å². The summed E-state index contributed by atoms with van der Waals surface area (Å²) in [6, 6.07) is 10.6. The second kappa shape index (κ2) is 9.45. The number of nitrogens with one attached hydrogen (secondary N) is 2. The number of amides is 1. The highest BCUT2D eigenvalue weighted by Gasteiger charge is 2.17. The fraction of sp³-hybridized carbons (Fsp3) is 0.316. The number of primary sulfonamides is 1. The minimum atomic E-state index is -3.91. The average molecular weight is 456 g/mol. The van der Waals surface area contributed by atoms with Crippen LogP contribution in [-0.4, -0.2) is 35.4 Å². The number of rotatable bonds is 9. The molecule has 0 aliphatic rings. The van der Waals surface area contributed by atoms with Crippen molar-refractivity contribution < 1.29 is 26.4 Å². The minimum absolute atomic E-state index is 0.0257. The first-order valence-electron chi connectivity index (χ1n) is 9.08. The molecule has 0 aliphatic heterocycles. The maximum Gasteiger partial charge on any atom is 0.261 e. The van der Waals surface area contributed by atoms with E-state index < -0.39 is 26.2 Å². The summed E-state index contributed by atoms with van der Waals surface area (Å²) >= 11 is 0. The first kappa shape index (κ1) is 23.6. The number of benzene rings is 2. The Balaban J connectivity index is 2.04. The van der Waals surface area contributed by atoms with E-state index >= 15 is 0 Å². The van der Waals surface area contributed by atoms with Gasteiger partial charge in [-0.3, -0.25) is 9.52 Å². The molecule has 0 aliphatic carbocycles. The van der Waals surface area contributed by atoms with Gasteiger partial charge in [-0.2, -0.15) is 0 Å². The SMILES string of the molecule is CC(C)CNC(=O)[C@H](C)Oc1ccc(S(=O)(=O)Nc2ccc(S(N)(=O)=O)cc2)cc1. The highest BCUT2D eigenvalue weighted by atomic mass is 32.2. The summed E-state index contributed by atoms with van der Waals surface area (Å²) in [5, 5.41) is 7.78. The number of sulfonamides is 2. The molecule has 2 rings (SSSR count). The molecule has 9 nitrogen and oxygen atoms in total. The van der Waals surface area contributed by atoms with E-state index in [0.29, 0.717) is 18.2 Å². The van der Waals surface area contributed by atoms with Crippen LogP contribution >= 0.6 is 0 Å². The van der Waals surface area contributed by atoms with Gasteiger partial charge >= 0.3 is 0 Å². The molecule has 4 N–H and O–H groups in total. The van der Waals surface area contributed by atoms with Gasteiger partial charge in [0.05, 0.1) is 9.79 Å². The Morgan fingerprint density at radius 3 is 1.97 bits per heavy atom. The number of ether oxygens (including phenoxy) is 1. The Morgan fingerprint density at radius 1 is 0.933 bits per heavy atom. The number of hydrogen-bond acceptors (Lipinski definition) is 6. The van der Waals surface area contributed by atoms with E-state index in [1.165, 1.54) is 48.5 Å². The number of hydrogen-bond donors (Lipinski definition) is 3. The summed E-state index contributed by atoms with van der Waals surface area (Å²) in [6.45, 7) is 6.10. The summed E-state index contributed by atoms with van der Waals surface area (Å²) in [6.07, 6.45) is -0.735. The third kappa shape index (κ3) is 6.71. The van der Waals surface area contributed by atoms with Crippen molar-refractivity contribution in [3.8, 4) is 5.75 Å². The summed E-state index contributed by atoms with van der Waals surface area (Å²) in [5.41, 5.74) is 0.179. The zero-order chi connectivity index (χ0) is 22.5. The van der Waals surface area contributed by atoms with Crippen LogP contribution in [0.1, 0.15) is 20.8 Å². The largest absolute Gasteiger partial charge is 0.481 e. The van der Waals surface area contributed by atoms with Crippen molar-refractivity contribution in [2.45, 2.75) is 36.7 Å². The molecule has 0 heterocycles. The number of carbonyl (C=O) groups excluding carboxylic acids is 1. The lowest BCUT2D eigenvalue weighted by atomic mass is 10.2. The lowest BCUT2D eigenvalue weighted by Crippen LogP contribution is -2.38. The van der Waals surface area contributed by atoms with Crippen LogP contribution in [0.15, 0.2) is 58.3 Å². The fourth-order valence-corrected chi connectivity index (χ4v) is 3.90. The van der Waals surface area contributed by atoms with Crippen LogP contribution in [0.4, 0.5) is 5.69 Å². The van der Waals surface area contributed by atoms with E-state index in [9.17, 15) is 21.6 Å². The molecule has 2 aromatic carbocycles. The van der Waals surface area contributed by atoms with Gasteiger partial charge in [0.1, 0.15) is 5.75 Å². The van der Waals surface area contributed by atoms with Crippen LogP contribution in [0.25, 0.3) is 0 Å². The zero-order valence-corrected chi connectivity index (χ0v) is 18.5. The van der Waals surface area contributed by atoms with Gasteiger partial charge < -0.3 is 10.1 Å². The molecule has 0 fully saturated rings. The molecule has 2 aromatic rings. The molecule has 1 atom stereocenters. The molecule has 30 heavy (non-hydrogen) atoms. The quantitative estimate of drug-likeness (QED) is 0.524. The van der Waals surface area contributed by atoms with Crippen LogP contribution in [-0.2, 0) is 24.8 Å². The van der Waals surface area contributed by atoms with Gasteiger partial charge in [0.25, 0.3) is 15.9 Å². The van der Waals surface area contributed by atoms with Crippen molar-refractivity contribution in [3.63, 3.8) is 0 Å². The Bertz CT molecular complexity index is 1080. The Hall–Kier alpha value is -2.63. The lowest BCUT2D eigenvalue weighted by molar-refractivity contribution is -0.127. The molecule has 1 amide bonds. The van der Waals surface area contributed by atoms with Crippen molar-refractivity contribution in [1.82, 2.24) is 5.32 Å². The van der Waals surface area contributed by atoms with Crippen molar-refractivity contribution in [3.05, 3.63) is 48.5 Å². The van der Waals surface area contributed by atoms with Crippen molar-refractivity contribution in [2.24, 2.45) is 11.1 Å². The van der Waals surface area contributed by atoms with E-state index in [2.05, 4.69) is 10.0 Å². The molecule has 0 spiro atoms. The predicted molar refractivity (Wildman–Crippen MR) is 113 cm³/mol. The van der Waals surface area contributed by atoms with E-state index in [4.69, 9.17) is 9.88 Å². The van der Waals surface area contributed by atoms with E-state index in [-0.39, 0.29) is 21.4 Å². The lowest BCUT2D eigenvalue weighted by Gasteiger charge is -2.16. The molecular weight excluding hydrogens is 430 g/mol. The standard InChI is InChI=1S/C19H25N3O6S2/c1-13(2)12-21-19(23)14(3)28-16-6-10-18(11-7-16)30(26,27)22-15-4-8-17(9-5-15)29(20,24)25/h4-11,13-14,22H,12H2,1-3H3,(H,21,23)(H2,20,24,25)/t14-/m0/s1. The Labute approximate surface area is 176 Å². The van der Waals surface area contributed by atoms with Gasteiger partial charge in [-0.1, -0.05) is 13.8 Å². The van der Waals surface area contributed by atoms with Crippen molar-refractivity contribution in [1.29, 1.82) is 0 Å². The van der Waals surface area contributed by atoms with Gasteiger partial charge in [0.15, 0.2) is 6.10 Å². The zero-order valence-electron chi connectivity index (χ0n) is 16.8. The fourth-order valence-electron chi connectivity index (χ4n) is 2.33. The van der Waals surface area contributed by atoms with Gasteiger partial charge in [-0.25, -0.2) is 22.0 Å². The number of nitrogens with two attached hydrogens (primary N) is 1. The van der Waals surface area contributed by atoms with E-state index in [0.717, 1.165) is 0 Å². The average Bonchev–Trinajstić information content (AvgIpc) is 2.65. The molecular formula is C19H25N3O6S2. The summed E-state index contributed by atoms with van der Waals surface area (Å²) in [4.78, 5) is 11.8. The molecule has 0 aromatic heterocycles. The molecule has 0 unspecified atom stereocenters. The maximum absolute atomic E-state index is 12.5. The molecule has 0 saturated heterocycles. The van der Waals surface area contributed by atoms with Crippen molar-refractivity contribution in [2.75, 3.05) is 11.3 Å². The highest BCUT2D eigenvalue weighted by molar-refractivity contribution is 7.92. The molecule has 0 saturated carbocycles. The van der Waals surface area contributed by atoms with Gasteiger partial charge in [0, 0.05) is 12.2 Å². The molecule has 11 heteroatoms. The Kier molecular flexibility index (Phi) is 7.45. The predicted octanol–water partition coefficient (Wildman–Crippen LogP) is 1.67. The minimum Gasteiger partial charge on any atom is -0.481 e. The second-order valence-corrected chi connectivity index (χ2v) is 10.3. The van der Waals surface area contributed by atoms with Crippen LogP contribution in [0.3, 0.4) is 0 Å². The van der Waals surface area contributed by atoms with E-state index in [1.54, 1.807) is 6.92 Å². The molecule has 0 bridgehead atoms. The third-order valence-electron chi connectivity index (χ3n) is 3.94. The number of anilines is 1. The first-order chi connectivity index (χ1) is 13.9. The number of carbonyl (C=O) groups is 1. The summed E-state index contributed by atoms with van der Waals surface area (Å²) in [7, 11) is -7.77. The smallest absolute Gasteiger partial charge is 0.261 e. The van der Waals surface area contributed by atoms with Crippen molar-refractivity contribution >= 4 is 31.6 Å². The summed E-state index contributed by atoms with van der Waals surface area (Å²) < 4.78 is 55.5. The van der Waals surface area contributed by atoms with Gasteiger partial charge in [0.2, 0.25) is 10.0 Å². The molecule has 164 valence electrons. The Morgan fingerprint density at radius 2 is 1.47 bits per heavy atom. The van der Waals surface area contributed by atoms with Crippen LogP contribution in [0.5, 0.6) is 5.75 Å². The topological polar surface area (TPSA) is 145 Å². The van der Waals surface area contributed by atoms with E-state index in [1.807, 2.05) is 13.8 Å². The summed E-state index contributed by atoms with van der Waals surface area (Å²) in [5.74, 6) is 0.401. The normalized spacial score (nSPS) is 13.0. The van der Waals surface area contributed by atoms with Crippen LogP contribution in [0.2, 0.25) is 0 Å². The van der Waals surface area contributed by atoms with Crippen LogP contribution < -0.4 is 19.9 Å². The highest BCUT2D eigenvalue weighted by Crippen LogP contribution is 2.21. The third-order valence-corrected chi connectivity index (χ3v) is 6.26.